The second-order valence-electron chi connectivity index (χ2n) is 4.22. The second kappa shape index (κ2) is 7.14. The van der Waals surface area contributed by atoms with Gasteiger partial charge in [-0.15, -0.1) is 0 Å². The van der Waals surface area contributed by atoms with E-state index in [0.29, 0.717) is 0 Å². The molecular formula is C15H17BrN2O. The Hall–Kier alpha value is -1.55. The highest BCUT2D eigenvalue weighted by Crippen LogP contribution is 2.15. The molecule has 0 unspecified atom stereocenters. The van der Waals surface area contributed by atoms with E-state index in [1.165, 1.54) is 5.56 Å². The van der Waals surface area contributed by atoms with Crippen LogP contribution in [0.15, 0.2) is 47.2 Å². The summed E-state index contributed by atoms with van der Waals surface area (Å²) in [5.74, 6) is 0.927. The standard InChI is InChI=1S/C15H17BrN2O/c1-2-9-19-14-6-3-12(4-7-14)10-17-13-5-8-15(16)18-11-13/h3-8,11,17H,2,9-10H2,1H3. The highest BCUT2D eigenvalue weighted by Gasteiger charge is 1.97. The molecule has 4 heteroatoms. The minimum atomic E-state index is 0.766. The molecule has 0 fully saturated rings. The monoisotopic (exact) mass is 320 g/mol. The normalized spacial score (nSPS) is 10.2. The molecule has 0 aliphatic rings. The Labute approximate surface area is 122 Å². The number of anilines is 1. The Morgan fingerprint density at radius 1 is 1.16 bits per heavy atom. The molecule has 1 aromatic heterocycles. The fourth-order valence-corrected chi connectivity index (χ4v) is 1.84. The Balaban J connectivity index is 1.87. The van der Waals surface area contributed by atoms with Gasteiger partial charge in [-0.25, -0.2) is 4.98 Å². The van der Waals surface area contributed by atoms with Crippen molar-refractivity contribution in [2.75, 3.05) is 11.9 Å². The lowest BCUT2D eigenvalue weighted by Gasteiger charge is -2.08. The first-order chi connectivity index (χ1) is 9.28. The van der Waals surface area contributed by atoms with Crippen molar-refractivity contribution in [1.82, 2.24) is 4.98 Å². The topological polar surface area (TPSA) is 34.1 Å². The summed E-state index contributed by atoms with van der Waals surface area (Å²) in [6, 6.07) is 12.1. The maximum absolute atomic E-state index is 5.55. The van der Waals surface area contributed by atoms with Crippen LogP contribution < -0.4 is 10.1 Å². The lowest BCUT2D eigenvalue weighted by Crippen LogP contribution is -2.00. The third-order valence-corrected chi connectivity index (χ3v) is 3.09. The number of hydrogen-bond acceptors (Lipinski definition) is 3. The van der Waals surface area contributed by atoms with Crippen LogP contribution >= 0.6 is 15.9 Å². The van der Waals surface area contributed by atoms with Crippen LogP contribution in [0.5, 0.6) is 5.75 Å². The van der Waals surface area contributed by atoms with E-state index >= 15 is 0 Å². The van der Waals surface area contributed by atoms with Crippen molar-refractivity contribution in [3.8, 4) is 5.75 Å². The predicted molar refractivity (Wildman–Crippen MR) is 81.5 cm³/mol. The molecule has 3 nitrogen and oxygen atoms in total. The fourth-order valence-electron chi connectivity index (χ4n) is 1.61. The first-order valence-electron chi connectivity index (χ1n) is 6.35. The van der Waals surface area contributed by atoms with Crippen LogP contribution in [-0.4, -0.2) is 11.6 Å². The SMILES string of the molecule is CCCOc1ccc(CNc2ccc(Br)nc2)cc1. The van der Waals surface area contributed by atoms with Crippen molar-refractivity contribution < 1.29 is 4.74 Å². The first-order valence-corrected chi connectivity index (χ1v) is 7.14. The molecule has 2 rings (SSSR count). The summed E-state index contributed by atoms with van der Waals surface area (Å²) in [4.78, 5) is 4.17. The molecule has 100 valence electrons. The van der Waals surface area contributed by atoms with E-state index in [1.54, 1.807) is 0 Å². The van der Waals surface area contributed by atoms with Gasteiger partial charge in [0.05, 0.1) is 18.5 Å². The van der Waals surface area contributed by atoms with Crippen molar-refractivity contribution in [2.45, 2.75) is 19.9 Å². The van der Waals surface area contributed by atoms with E-state index in [2.05, 4.69) is 45.3 Å². The number of pyridine rings is 1. The molecule has 0 saturated heterocycles. The summed E-state index contributed by atoms with van der Waals surface area (Å²) >= 11 is 3.32. The van der Waals surface area contributed by atoms with E-state index in [1.807, 2.05) is 30.5 Å². The average molecular weight is 321 g/mol. The van der Waals surface area contributed by atoms with Gasteiger partial charge in [0.15, 0.2) is 0 Å². The molecule has 0 aliphatic carbocycles. The summed E-state index contributed by atoms with van der Waals surface area (Å²) < 4.78 is 6.39. The molecule has 0 aliphatic heterocycles. The molecule has 0 amide bonds. The molecule has 0 bridgehead atoms. The quantitative estimate of drug-likeness (QED) is 0.808. The Kier molecular flexibility index (Phi) is 5.21. The van der Waals surface area contributed by atoms with E-state index in [0.717, 1.165) is 35.6 Å². The summed E-state index contributed by atoms with van der Waals surface area (Å²) in [5.41, 5.74) is 2.22. The van der Waals surface area contributed by atoms with Gasteiger partial charge in [0.25, 0.3) is 0 Å². The van der Waals surface area contributed by atoms with Crippen LogP contribution in [0.25, 0.3) is 0 Å². The molecule has 0 radical (unpaired) electrons. The lowest BCUT2D eigenvalue weighted by molar-refractivity contribution is 0.317. The molecule has 1 heterocycles. The van der Waals surface area contributed by atoms with Crippen LogP contribution in [-0.2, 0) is 6.54 Å². The highest BCUT2D eigenvalue weighted by molar-refractivity contribution is 9.10. The van der Waals surface area contributed by atoms with Crippen LogP contribution in [0.3, 0.4) is 0 Å². The molecule has 1 aromatic carbocycles. The zero-order valence-corrected chi connectivity index (χ0v) is 12.5. The number of nitrogens with one attached hydrogen (secondary N) is 1. The van der Waals surface area contributed by atoms with Crippen molar-refractivity contribution >= 4 is 21.6 Å². The number of ether oxygens (including phenoxy) is 1. The summed E-state index contributed by atoms with van der Waals surface area (Å²) in [5, 5.41) is 3.33. The van der Waals surface area contributed by atoms with Crippen LogP contribution in [0.2, 0.25) is 0 Å². The fraction of sp³-hybridized carbons (Fsp3) is 0.267. The minimum absolute atomic E-state index is 0.766. The summed E-state index contributed by atoms with van der Waals surface area (Å²) in [6.07, 6.45) is 2.84. The Morgan fingerprint density at radius 2 is 1.95 bits per heavy atom. The predicted octanol–water partition coefficient (Wildman–Crippen LogP) is 4.25. The Bertz CT molecular complexity index is 497. The van der Waals surface area contributed by atoms with E-state index in [-0.39, 0.29) is 0 Å². The zero-order chi connectivity index (χ0) is 13.5. The van der Waals surface area contributed by atoms with E-state index < -0.39 is 0 Å². The number of benzene rings is 1. The number of rotatable bonds is 6. The van der Waals surface area contributed by atoms with Gasteiger partial charge in [-0.2, -0.15) is 0 Å². The average Bonchev–Trinajstić information content (AvgIpc) is 2.46. The number of halogens is 1. The smallest absolute Gasteiger partial charge is 0.119 e. The van der Waals surface area contributed by atoms with Gasteiger partial charge >= 0.3 is 0 Å². The molecule has 0 saturated carbocycles. The highest BCUT2D eigenvalue weighted by atomic mass is 79.9. The second-order valence-corrected chi connectivity index (χ2v) is 5.03. The maximum atomic E-state index is 5.55. The first kappa shape index (κ1) is 13.9. The largest absolute Gasteiger partial charge is 0.494 e. The van der Waals surface area contributed by atoms with Gasteiger partial charge in [-0.05, 0) is 52.2 Å². The van der Waals surface area contributed by atoms with Crippen LogP contribution in [0.1, 0.15) is 18.9 Å². The molecule has 19 heavy (non-hydrogen) atoms. The maximum Gasteiger partial charge on any atom is 0.119 e. The molecule has 1 N–H and O–H groups in total. The molecule has 2 aromatic rings. The van der Waals surface area contributed by atoms with Crippen molar-refractivity contribution in [1.29, 1.82) is 0 Å². The van der Waals surface area contributed by atoms with Gasteiger partial charge in [0.2, 0.25) is 0 Å². The molecule has 0 spiro atoms. The van der Waals surface area contributed by atoms with Crippen molar-refractivity contribution in [3.63, 3.8) is 0 Å². The van der Waals surface area contributed by atoms with Crippen LogP contribution in [0.4, 0.5) is 5.69 Å². The van der Waals surface area contributed by atoms with Gasteiger partial charge in [0.1, 0.15) is 10.4 Å². The van der Waals surface area contributed by atoms with Crippen LogP contribution in [0, 0.1) is 0 Å². The number of nitrogens with zero attached hydrogens (tertiary/aromatic N) is 1. The van der Waals surface area contributed by atoms with Crippen molar-refractivity contribution in [2.24, 2.45) is 0 Å². The minimum Gasteiger partial charge on any atom is -0.494 e. The Morgan fingerprint density at radius 3 is 2.58 bits per heavy atom. The van der Waals surface area contributed by atoms with Gasteiger partial charge in [0, 0.05) is 6.54 Å². The van der Waals surface area contributed by atoms with E-state index in [4.69, 9.17) is 4.74 Å². The lowest BCUT2D eigenvalue weighted by atomic mass is 10.2. The number of hydrogen-bond donors (Lipinski definition) is 1. The van der Waals surface area contributed by atoms with Gasteiger partial charge in [-0.3, -0.25) is 0 Å². The van der Waals surface area contributed by atoms with E-state index in [9.17, 15) is 0 Å². The molecule has 0 atom stereocenters. The van der Waals surface area contributed by atoms with Gasteiger partial charge in [-0.1, -0.05) is 19.1 Å². The van der Waals surface area contributed by atoms with Gasteiger partial charge < -0.3 is 10.1 Å². The third-order valence-electron chi connectivity index (χ3n) is 2.62. The van der Waals surface area contributed by atoms with Crippen molar-refractivity contribution in [3.05, 3.63) is 52.8 Å². The number of aromatic nitrogens is 1. The summed E-state index contributed by atoms with van der Waals surface area (Å²) in [6.45, 7) is 3.64. The third kappa shape index (κ3) is 4.56. The molecular weight excluding hydrogens is 304 g/mol. The summed E-state index contributed by atoms with van der Waals surface area (Å²) in [7, 11) is 0. The zero-order valence-electron chi connectivity index (χ0n) is 10.9.